The van der Waals surface area contributed by atoms with Crippen molar-refractivity contribution in [1.29, 1.82) is 0 Å². The van der Waals surface area contributed by atoms with Crippen LogP contribution in [0.1, 0.15) is 0 Å². The molecule has 1 rings (SSSR count). The Balaban J connectivity index is 3.11. The number of H-pyrrole nitrogens is 1. The summed E-state index contributed by atoms with van der Waals surface area (Å²) < 4.78 is 38.5. The predicted molar refractivity (Wildman–Crippen MR) is 39.8 cm³/mol. The van der Waals surface area contributed by atoms with E-state index in [2.05, 4.69) is 4.74 Å². The Morgan fingerprint density at radius 2 is 2.07 bits per heavy atom. The molecule has 0 amide bonds. The smallest absolute Gasteiger partial charge is 0.503 e. The summed E-state index contributed by atoms with van der Waals surface area (Å²) in [5.41, 5.74) is 4.02. The van der Waals surface area contributed by atoms with Crippen LogP contribution in [0.3, 0.4) is 0 Å². The van der Waals surface area contributed by atoms with Crippen LogP contribution in [-0.4, -0.2) is 16.5 Å². The molecule has 8 heteroatoms. The van der Waals surface area contributed by atoms with Crippen LogP contribution in [0.15, 0.2) is 10.9 Å². The summed E-state index contributed by atoms with van der Waals surface area (Å²) in [6, 6.07) is 0.488. The maximum Gasteiger partial charge on any atom is 0.573 e. The molecule has 0 atom stereocenters. The molecule has 78 valence electrons. The molecule has 4 N–H and O–H groups in total. The number of nitrogens with one attached hydrogen (secondary N) is 1. The van der Waals surface area contributed by atoms with Crippen molar-refractivity contribution in [3.63, 3.8) is 0 Å². The molecule has 0 aromatic carbocycles. The van der Waals surface area contributed by atoms with Gasteiger partial charge in [0.25, 0.3) is 5.56 Å². The van der Waals surface area contributed by atoms with Gasteiger partial charge >= 0.3 is 6.36 Å². The monoisotopic (exact) mass is 210 g/mol. The van der Waals surface area contributed by atoms with E-state index in [0.29, 0.717) is 6.07 Å². The van der Waals surface area contributed by atoms with E-state index >= 15 is 0 Å². The molecule has 1 heterocycles. The lowest BCUT2D eigenvalue weighted by Gasteiger charge is -2.10. The SMILES string of the molecule is Nc1[nH]c(=O)c(O)cc1OC(F)(F)F. The number of nitrogen functional groups attached to an aromatic ring is 1. The van der Waals surface area contributed by atoms with Crippen LogP contribution in [0.25, 0.3) is 0 Å². The third kappa shape index (κ3) is 2.31. The van der Waals surface area contributed by atoms with Crippen LogP contribution >= 0.6 is 0 Å². The van der Waals surface area contributed by atoms with E-state index in [1.54, 1.807) is 4.98 Å². The summed E-state index contributed by atoms with van der Waals surface area (Å²) in [7, 11) is 0. The first kappa shape index (κ1) is 10.2. The van der Waals surface area contributed by atoms with Crippen LogP contribution in [0, 0.1) is 0 Å². The summed E-state index contributed by atoms with van der Waals surface area (Å²) in [5, 5.41) is 8.77. The van der Waals surface area contributed by atoms with Crippen LogP contribution in [0.4, 0.5) is 19.0 Å². The molecule has 0 aliphatic carbocycles. The summed E-state index contributed by atoms with van der Waals surface area (Å²) in [4.78, 5) is 12.4. The Kier molecular flexibility index (Phi) is 2.28. The van der Waals surface area contributed by atoms with Gasteiger partial charge in [0, 0.05) is 6.07 Å². The summed E-state index contributed by atoms with van der Waals surface area (Å²) >= 11 is 0. The van der Waals surface area contributed by atoms with Gasteiger partial charge in [-0.3, -0.25) is 4.79 Å². The number of hydrogen-bond acceptors (Lipinski definition) is 4. The maximum atomic E-state index is 11.7. The second-order valence-corrected chi connectivity index (χ2v) is 2.31. The number of aromatic nitrogens is 1. The Labute approximate surface area is 74.9 Å². The van der Waals surface area contributed by atoms with E-state index in [0.717, 1.165) is 0 Å². The number of aromatic amines is 1. The van der Waals surface area contributed by atoms with Gasteiger partial charge in [0.05, 0.1) is 0 Å². The van der Waals surface area contributed by atoms with E-state index in [1.165, 1.54) is 0 Å². The van der Waals surface area contributed by atoms with Crippen LogP contribution in [0.5, 0.6) is 11.5 Å². The average molecular weight is 210 g/mol. The fourth-order valence-corrected chi connectivity index (χ4v) is 0.725. The fraction of sp³-hybridized carbons (Fsp3) is 0.167. The molecule has 5 nitrogen and oxygen atoms in total. The Hall–Kier alpha value is -1.86. The third-order valence-corrected chi connectivity index (χ3v) is 1.24. The highest BCUT2D eigenvalue weighted by molar-refractivity contribution is 5.48. The van der Waals surface area contributed by atoms with Crippen molar-refractivity contribution in [1.82, 2.24) is 4.98 Å². The van der Waals surface area contributed by atoms with Crippen LogP contribution < -0.4 is 16.0 Å². The van der Waals surface area contributed by atoms with Crippen molar-refractivity contribution in [3.05, 3.63) is 16.4 Å². The molecule has 1 aromatic rings. The van der Waals surface area contributed by atoms with Crippen molar-refractivity contribution in [2.45, 2.75) is 6.36 Å². The molecule has 0 fully saturated rings. The standard InChI is InChI=1S/C6H5F3N2O3/c7-6(8,9)14-3-1-2(12)5(13)11-4(3)10/h1,12H,(H3,10,11,13). The lowest BCUT2D eigenvalue weighted by Crippen LogP contribution is -2.20. The maximum absolute atomic E-state index is 11.7. The number of hydrogen-bond donors (Lipinski definition) is 3. The molecule has 0 unspecified atom stereocenters. The highest BCUT2D eigenvalue weighted by Gasteiger charge is 2.32. The van der Waals surface area contributed by atoms with Crippen molar-refractivity contribution in [2.24, 2.45) is 0 Å². The number of nitrogens with two attached hydrogens (primary N) is 1. The molecular formula is C6H5F3N2O3. The normalized spacial score (nSPS) is 11.4. The predicted octanol–water partition coefficient (Wildman–Crippen LogP) is 0.561. The van der Waals surface area contributed by atoms with Gasteiger partial charge in [-0.2, -0.15) is 0 Å². The van der Waals surface area contributed by atoms with Gasteiger partial charge in [-0.05, 0) is 0 Å². The zero-order valence-electron chi connectivity index (χ0n) is 6.55. The first-order valence-electron chi connectivity index (χ1n) is 3.27. The highest BCUT2D eigenvalue weighted by Crippen LogP contribution is 2.27. The third-order valence-electron chi connectivity index (χ3n) is 1.24. The number of aromatic hydroxyl groups is 1. The molecule has 0 aliphatic heterocycles. The van der Waals surface area contributed by atoms with Gasteiger partial charge in [0.1, 0.15) is 5.82 Å². The number of anilines is 1. The van der Waals surface area contributed by atoms with E-state index in [1.807, 2.05) is 0 Å². The summed E-state index contributed by atoms with van der Waals surface area (Å²) in [6.45, 7) is 0. The van der Waals surface area contributed by atoms with Crippen LogP contribution in [0.2, 0.25) is 0 Å². The number of halogens is 3. The Morgan fingerprint density at radius 1 is 1.50 bits per heavy atom. The zero-order valence-corrected chi connectivity index (χ0v) is 6.55. The van der Waals surface area contributed by atoms with Crippen molar-refractivity contribution >= 4 is 5.82 Å². The molecule has 0 aliphatic rings. The quantitative estimate of drug-likeness (QED) is 0.631. The minimum Gasteiger partial charge on any atom is -0.503 e. The summed E-state index contributed by atoms with van der Waals surface area (Å²) in [6.07, 6.45) is -4.93. The van der Waals surface area contributed by atoms with Gasteiger partial charge in [-0.15, -0.1) is 13.2 Å². The molecule has 0 spiro atoms. The van der Waals surface area contributed by atoms with Gasteiger partial charge in [0.15, 0.2) is 11.5 Å². The lowest BCUT2D eigenvalue weighted by molar-refractivity contribution is -0.274. The van der Waals surface area contributed by atoms with Gasteiger partial charge in [-0.25, -0.2) is 0 Å². The first-order chi connectivity index (χ1) is 6.29. The van der Waals surface area contributed by atoms with E-state index < -0.39 is 29.2 Å². The Morgan fingerprint density at radius 3 is 2.57 bits per heavy atom. The topological polar surface area (TPSA) is 88.3 Å². The van der Waals surface area contributed by atoms with Crippen molar-refractivity contribution in [2.75, 3.05) is 5.73 Å². The minimum absolute atomic E-state index is 0.488. The second-order valence-electron chi connectivity index (χ2n) is 2.31. The molecule has 0 bridgehead atoms. The fourth-order valence-electron chi connectivity index (χ4n) is 0.725. The highest BCUT2D eigenvalue weighted by atomic mass is 19.4. The second kappa shape index (κ2) is 3.13. The summed E-state index contributed by atoms with van der Waals surface area (Å²) in [5.74, 6) is -2.36. The number of ether oxygens (including phenoxy) is 1. The molecule has 0 saturated carbocycles. The van der Waals surface area contributed by atoms with E-state index in [9.17, 15) is 18.0 Å². The van der Waals surface area contributed by atoms with Crippen molar-refractivity contribution in [3.8, 4) is 11.5 Å². The molecule has 0 radical (unpaired) electrons. The van der Waals surface area contributed by atoms with Gasteiger partial charge in [0.2, 0.25) is 0 Å². The molecule has 1 aromatic heterocycles. The average Bonchev–Trinajstić information content (AvgIpc) is 1.97. The van der Waals surface area contributed by atoms with Crippen molar-refractivity contribution < 1.29 is 23.0 Å². The van der Waals surface area contributed by atoms with Gasteiger partial charge in [-0.1, -0.05) is 0 Å². The number of pyridine rings is 1. The lowest BCUT2D eigenvalue weighted by atomic mass is 10.4. The molecule has 14 heavy (non-hydrogen) atoms. The van der Waals surface area contributed by atoms with Crippen LogP contribution in [-0.2, 0) is 0 Å². The minimum atomic E-state index is -4.93. The van der Waals surface area contributed by atoms with E-state index in [4.69, 9.17) is 10.8 Å². The number of rotatable bonds is 1. The molecule has 0 saturated heterocycles. The largest absolute Gasteiger partial charge is 0.573 e. The molecular weight excluding hydrogens is 205 g/mol. The first-order valence-corrected chi connectivity index (χ1v) is 3.27. The van der Waals surface area contributed by atoms with E-state index in [-0.39, 0.29) is 0 Å². The zero-order chi connectivity index (χ0) is 10.9. The number of alkyl halides is 3. The van der Waals surface area contributed by atoms with Gasteiger partial charge < -0.3 is 20.6 Å². The Bertz CT molecular complexity index is 398.